The fourth-order valence-electron chi connectivity index (χ4n) is 2.91. The molecule has 2 N–H and O–H groups in total. The zero-order valence-electron chi connectivity index (χ0n) is 13.8. The van der Waals surface area contributed by atoms with Crippen LogP contribution >= 0.6 is 0 Å². The van der Waals surface area contributed by atoms with Gasteiger partial charge in [-0.05, 0) is 55.0 Å². The van der Waals surface area contributed by atoms with E-state index in [2.05, 4.69) is 5.32 Å². The summed E-state index contributed by atoms with van der Waals surface area (Å²) in [4.78, 5) is 23.2. The van der Waals surface area contributed by atoms with Crippen LogP contribution in [-0.4, -0.2) is 17.0 Å². The number of aryl methyl sites for hydroxylation is 1. The molecule has 1 fully saturated rings. The quantitative estimate of drug-likeness (QED) is 0.805. The van der Waals surface area contributed by atoms with Crippen molar-refractivity contribution in [1.82, 2.24) is 0 Å². The normalized spacial score (nSPS) is 14.8. The Morgan fingerprint density at radius 2 is 1.76 bits per heavy atom. The Bertz CT molecular complexity index is 782. The third-order valence-corrected chi connectivity index (χ3v) is 4.66. The van der Waals surface area contributed by atoms with Gasteiger partial charge < -0.3 is 10.4 Å². The molecule has 0 aromatic heterocycles. The molecule has 3 rings (SSSR count). The monoisotopic (exact) mass is 341 g/mol. The van der Waals surface area contributed by atoms with Crippen LogP contribution in [0, 0.1) is 11.2 Å². The lowest BCUT2D eigenvalue weighted by molar-refractivity contribution is -0.137. The molecular weight excluding hydrogens is 321 g/mol. The average molecular weight is 341 g/mol. The van der Waals surface area contributed by atoms with Crippen LogP contribution in [0.3, 0.4) is 0 Å². The molecule has 2 aromatic rings. The fourth-order valence-corrected chi connectivity index (χ4v) is 2.91. The third-order valence-electron chi connectivity index (χ3n) is 4.66. The Morgan fingerprint density at radius 1 is 1.08 bits per heavy atom. The van der Waals surface area contributed by atoms with Gasteiger partial charge in [-0.3, -0.25) is 9.59 Å². The van der Waals surface area contributed by atoms with Crippen molar-refractivity contribution in [2.75, 3.05) is 5.32 Å². The molecule has 4 nitrogen and oxygen atoms in total. The van der Waals surface area contributed by atoms with Crippen molar-refractivity contribution in [2.45, 2.75) is 32.1 Å². The topological polar surface area (TPSA) is 66.4 Å². The van der Waals surface area contributed by atoms with Crippen molar-refractivity contribution in [3.05, 3.63) is 65.5 Å². The number of anilines is 1. The molecule has 0 radical (unpaired) electrons. The molecular formula is C20H20FNO3. The van der Waals surface area contributed by atoms with Crippen LogP contribution in [-0.2, 0) is 22.4 Å². The Labute approximate surface area is 145 Å². The van der Waals surface area contributed by atoms with Crippen LogP contribution in [0.25, 0.3) is 0 Å². The zero-order chi connectivity index (χ0) is 17.9. The number of nitrogens with one attached hydrogen (secondary N) is 1. The summed E-state index contributed by atoms with van der Waals surface area (Å²) in [6, 6.07) is 13.7. The molecule has 1 aliphatic carbocycles. The second-order valence-electron chi connectivity index (χ2n) is 6.59. The SMILES string of the molecule is O=C(O)CCc1ccc(NC(=O)C2(Cc3ccccc3F)CC2)cc1. The highest BCUT2D eigenvalue weighted by molar-refractivity contribution is 5.97. The van der Waals surface area contributed by atoms with Gasteiger partial charge in [0.1, 0.15) is 5.82 Å². The number of benzene rings is 2. The number of hydrogen-bond acceptors (Lipinski definition) is 2. The van der Waals surface area contributed by atoms with E-state index in [-0.39, 0.29) is 18.1 Å². The average Bonchev–Trinajstić information content (AvgIpc) is 3.37. The van der Waals surface area contributed by atoms with E-state index in [1.807, 2.05) is 12.1 Å². The predicted molar refractivity (Wildman–Crippen MR) is 92.8 cm³/mol. The van der Waals surface area contributed by atoms with Gasteiger partial charge in [0.15, 0.2) is 0 Å². The molecule has 5 heteroatoms. The van der Waals surface area contributed by atoms with Crippen LogP contribution in [0.4, 0.5) is 10.1 Å². The molecule has 130 valence electrons. The van der Waals surface area contributed by atoms with Gasteiger partial charge in [0.25, 0.3) is 0 Å². The van der Waals surface area contributed by atoms with Gasteiger partial charge in [-0.2, -0.15) is 0 Å². The molecule has 0 heterocycles. The van der Waals surface area contributed by atoms with Gasteiger partial charge in [0.2, 0.25) is 5.91 Å². The predicted octanol–water partition coefficient (Wildman–Crippen LogP) is 3.80. The van der Waals surface area contributed by atoms with Crippen molar-refractivity contribution in [3.8, 4) is 0 Å². The van der Waals surface area contributed by atoms with Crippen molar-refractivity contribution in [3.63, 3.8) is 0 Å². The van der Waals surface area contributed by atoms with E-state index >= 15 is 0 Å². The van der Waals surface area contributed by atoms with E-state index in [9.17, 15) is 14.0 Å². The minimum Gasteiger partial charge on any atom is -0.481 e. The molecule has 0 saturated heterocycles. The van der Waals surface area contributed by atoms with Gasteiger partial charge in [0.05, 0.1) is 5.41 Å². The maximum Gasteiger partial charge on any atom is 0.303 e. The first-order valence-corrected chi connectivity index (χ1v) is 8.34. The number of carbonyl (C=O) groups excluding carboxylic acids is 1. The maximum absolute atomic E-state index is 13.8. The Hall–Kier alpha value is -2.69. The lowest BCUT2D eigenvalue weighted by Crippen LogP contribution is -2.26. The summed E-state index contributed by atoms with van der Waals surface area (Å²) in [5.41, 5.74) is 1.63. The standard InChI is InChI=1S/C20H20FNO3/c21-17-4-2-1-3-15(17)13-20(11-12-20)19(25)22-16-8-5-14(6-9-16)7-10-18(23)24/h1-6,8-9H,7,10-13H2,(H,22,25)(H,23,24). The van der Waals surface area contributed by atoms with Gasteiger partial charge in [-0.25, -0.2) is 4.39 Å². The van der Waals surface area contributed by atoms with Crippen molar-refractivity contribution in [2.24, 2.45) is 5.41 Å². The fraction of sp³-hybridized carbons (Fsp3) is 0.300. The first kappa shape index (κ1) is 17.1. The molecule has 0 atom stereocenters. The minimum absolute atomic E-state index is 0.0808. The first-order valence-electron chi connectivity index (χ1n) is 8.34. The second kappa shape index (κ2) is 7.05. The smallest absolute Gasteiger partial charge is 0.303 e. The summed E-state index contributed by atoms with van der Waals surface area (Å²) in [7, 11) is 0. The zero-order valence-corrected chi connectivity index (χ0v) is 13.8. The molecule has 0 aliphatic heterocycles. The van der Waals surface area contributed by atoms with Crippen molar-refractivity contribution in [1.29, 1.82) is 0 Å². The van der Waals surface area contributed by atoms with Crippen molar-refractivity contribution >= 4 is 17.6 Å². The number of hydrogen-bond donors (Lipinski definition) is 2. The van der Waals surface area contributed by atoms with Crippen LogP contribution in [0.15, 0.2) is 48.5 Å². The van der Waals surface area contributed by atoms with E-state index in [0.29, 0.717) is 24.1 Å². The van der Waals surface area contributed by atoms with E-state index in [0.717, 1.165) is 18.4 Å². The van der Waals surface area contributed by atoms with Gasteiger partial charge in [-0.1, -0.05) is 30.3 Å². The minimum atomic E-state index is -0.832. The number of amides is 1. The first-order chi connectivity index (χ1) is 12.0. The molecule has 25 heavy (non-hydrogen) atoms. The van der Waals surface area contributed by atoms with Crippen molar-refractivity contribution < 1.29 is 19.1 Å². The summed E-state index contributed by atoms with van der Waals surface area (Å²) >= 11 is 0. The van der Waals surface area contributed by atoms with Crippen LogP contribution < -0.4 is 5.32 Å². The highest BCUT2D eigenvalue weighted by Crippen LogP contribution is 2.49. The van der Waals surface area contributed by atoms with E-state index < -0.39 is 11.4 Å². The number of aliphatic carboxylic acids is 1. The van der Waals surface area contributed by atoms with Gasteiger partial charge in [0, 0.05) is 12.1 Å². The van der Waals surface area contributed by atoms with Crippen LogP contribution in [0.2, 0.25) is 0 Å². The number of carboxylic acids is 1. The summed E-state index contributed by atoms with van der Waals surface area (Å²) in [6.45, 7) is 0. The van der Waals surface area contributed by atoms with Gasteiger partial charge in [-0.15, -0.1) is 0 Å². The van der Waals surface area contributed by atoms with E-state index in [1.165, 1.54) is 6.07 Å². The molecule has 1 amide bonds. The molecule has 1 aliphatic rings. The summed E-state index contributed by atoms with van der Waals surface area (Å²) in [5, 5.41) is 11.6. The lowest BCUT2D eigenvalue weighted by atomic mass is 9.95. The molecule has 1 saturated carbocycles. The maximum atomic E-state index is 13.8. The van der Waals surface area contributed by atoms with Crippen LogP contribution in [0.5, 0.6) is 0 Å². The highest BCUT2D eigenvalue weighted by atomic mass is 19.1. The van der Waals surface area contributed by atoms with E-state index in [1.54, 1.807) is 30.3 Å². The number of carbonyl (C=O) groups is 2. The molecule has 2 aromatic carbocycles. The Kier molecular flexibility index (Phi) is 4.83. The summed E-state index contributed by atoms with van der Waals surface area (Å²) in [6.07, 6.45) is 2.45. The summed E-state index contributed by atoms with van der Waals surface area (Å²) < 4.78 is 13.8. The Morgan fingerprint density at radius 3 is 2.36 bits per heavy atom. The number of carboxylic acid groups (broad SMARTS) is 1. The van der Waals surface area contributed by atoms with Crippen LogP contribution in [0.1, 0.15) is 30.4 Å². The third kappa shape index (κ3) is 4.24. The second-order valence-corrected chi connectivity index (χ2v) is 6.59. The number of halogens is 1. The van der Waals surface area contributed by atoms with E-state index in [4.69, 9.17) is 5.11 Å². The molecule has 0 bridgehead atoms. The highest BCUT2D eigenvalue weighted by Gasteiger charge is 2.49. The molecule has 0 spiro atoms. The Balaban J connectivity index is 1.62. The largest absolute Gasteiger partial charge is 0.481 e. The summed E-state index contributed by atoms with van der Waals surface area (Å²) in [5.74, 6) is -1.19. The van der Waals surface area contributed by atoms with Gasteiger partial charge >= 0.3 is 5.97 Å². The lowest BCUT2D eigenvalue weighted by Gasteiger charge is -2.16. The molecule has 0 unspecified atom stereocenters. The number of rotatable bonds is 7.